The number of rotatable bonds is 4. The molecule has 0 amide bonds. The number of carbonyl (C=O) groups is 1. The van der Waals surface area contributed by atoms with Crippen molar-refractivity contribution >= 4 is 22.4 Å². The predicted octanol–water partition coefficient (Wildman–Crippen LogP) is 3.54. The van der Waals surface area contributed by atoms with E-state index in [9.17, 15) is 4.79 Å². The topological polar surface area (TPSA) is 42.2 Å². The van der Waals surface area contributed by atoms with E-state index >= 15 is 0 Å². The van der Waals surface area contributed by atoms with Gasteiger partial charge in [-0.3, -0.25) is 0 Å². The van der Waals surface area contributed by atoms with Gasteiger partial charge in [0.05, 0.1) is 0 Å². The maximum absolute atomic E-state index is 10.7. The van der Waals surface area contributed by atoms with Crippen molar-refractivity contribution in [3.8, 4) is 0 Å². The highest BCUT2D eigenvalue weighted by atomic mass is 16.4. The minimum Gasteiger partial charge on any atom is -0.478 e. The Hall–Kier alpha value is -2.03. The summed E-state index contributed by atoms with van der Waals surface area (Å²) in [5.74, 6) is -0.906. The lowest BCUT2D eigenvalue weighted by Gasteiger charge is -2.05. The van der Waals surface area contributed by atoms with Crippen LogP contribution in [0.2, 0.25) is 0 Å². The standard InChI is InChI=1S/C15H17NO2/c1-3-7-16-8-6-13-10-12(4-5-14(13)16)11(2)9-15(17)18/h4-6,8-10H,3,7H2,1-2H3,(H,17,18). The number of allylic oxidation sites excluding steroid dienone is 1. The van der Waals surface area contributed by atoms with E-state index in [2.05, 4.69) is 29.8 Å². The fourth-order valence-corrected chi connectivity index (χ4v) is 2.15. The lowest BCUT2D eigenvalue weighted by molar-refractivity contribution is -0.131. The summed E-state index contributed by atoms with van der Waals surface area (Å²) in [7, 11) is 0. The number of benzene rings is 1. The first-order valence-electron chi connectivity index (χ1n) is 6.12. The third-order valence-electron chi connectivity index (χ3n) is 3.03. The predicted molar refractivity (Wildman–Crippen MR) is 73.5 cm³/mol. The van der Waals surface area contributed by atoms with Crippen LogP contribution in [-0.4, -0.2) is 15.6 Å². The second-order valence-corrected chi connectivity index (χ2v) is 4.45. The number of nitrogens with zero attached hydrogens (tertiary/aromatic N) is 1. The van der Waals surface area contributed by atoms with Crippen LogP contribution in [0.25, 0.3) is 16.5 Å². The first kappa shape index (κ1) is 12.4. The number of hydrogen-bond donors (Lipinski definition) is 1. The lowest BCUT2D eigenvalue weighted by Crippen LogP contribution is -1.94. The zero-order valence-corrected chi connectivity index (χ0v) is 10.7. The summed E-state index contributed by atoms with van der Waals surface area (Å²) >= 11 is 0. The Morgan fingerprint density at radius 3 is 2.83 bits per heavy atom. The van der Waals surface area contributed by atoms with Gasteiger partial charge >= 0.3 is 5.97 Å². The summed E-state index contributed by atoms with van der Waals surface area (Å²) in [6, 6.07) is 8.14. The third-order valence-corrected chi connectivity index (χ3v) is 3.03. The molecule has 1 aromatic carbocycles. The molecule has 1 N–H and O–H groups in total. The first-order chi connectivity index (χ1) is 8.61. The van der Waals surface area contributed by atoms with Gasteiger partial charge in [0.2, 0.25) is 0 Å². The minimum atomic E-state index is -0.906. The summed E-state index contributed by atoms with van der Waals surface area (Å²) in [6.45, 7) is 4.98. The van der Waals surface area contributed by atoms with Gasteiger partial charge in [0.15, 0.2) is 0 Å². The molecule has 2 rings (SSSR count). The molecule has 0 bridgehead atoms. The molecule has 1 aromatic heterocycles. The number of aryl methyl sites for hydroxylation is 1. The van der Waals surface area contributed by atoms with Gasteiger partial charge in [-0.1, -0.05) is 13.0 Å². The van der Waals surface area contributed by atoms with Gasteiger partial charge in [-0.05, 0) is 42.7 Å². The number of carboxylic acids is 1. The Balaban J connectivity index is 2.43. The van der Waals surface area contributed by atoms with E-state index in [0.717, 1.165) is 29.5 Å². The van der Waals surface area contributed by atoms with Crippen molar-refractivity contribution in [2.45, 2.75) is 26.8 Å². The van der Waals surface area contributed by atoms with Crippen molar-refractivity contribution in [3.63, 3.8) is 0 Å². The fraction of sp³-hybridized carbons (Fsp3) is 0.267. The van der Waals surface area contributed by atoms with Crippen LogP contribution in [-0.2, 0) is 11.3 Å². The summed E-state index contributed by atoms with van der Waals surface area (Å²) in [5.41, 5.74) is 2.93. The highest BCUT2D eigenvalue weighted by Crippen LogP contribution is 2.22. The molecule has 0 aliphatic heterocycles. The van der Waals surface area contributed by atoms with Crippen molar-refractivity contribution in [1.29, 1.82) is 0 Å². The molecule has 0 aliphatic rings. The van der Waals surface area contributed by atoms with Crippen LogP contribution in [0, 0.1) is 0 Å². The Bertz CT molecular complexity index is 608. The second-order valence-electron chi connectivity index (χ2n) is 4.45. The molecular formula is C15H17NO2. The van der Waals surface area contributed by atoms with Crippen molar-refractivity contribution in [3.05, 3.63) is 42.1 Å². The van der Waals surface area contributed by atoms with Crippen molar-refractivity contribution in [1.82, 2.24) is 4.57 Å². The maximum atomic E-state index is 10.7. The van der Waals surface area contributed by atoms with Gasteiger partial charge in [-0.25, -0.2) is 4.79 Å². The molecule has 3 heteroatoms. The lowest BCUT2D eigenvalue weighted by atomic mass is 10.1. The molecule has 0 saturated carbocycles. The molecule has 2 aromatic rings. The second kappa shape index (κ2) is 5.08. The minimum absolute atomic E-state index is 0.771. The quantitative estimate of drug-likeness (QED) is 0.834. The Morgan fingerprint density at radius 2 is 2.17 bits per heavy atom. The van der Waals surface area contributed by atoms with Gasteiger partial charge in [0, 0.05) is 29.7 Å². The van der Waals surface area contributed by atoms with E-state index in [-0.39, 0.29) is 0 Å². The largest absolute Gasteiger partial charge is 0.478 e. The SMILES string of the molecule is CCCn1ccc2cc(C(C)=CC(=O)O)ccc21. The van der Waals surface area contributed by atoms with E-state index < -0.39 is 5.97 Å². The number of aliphatic carboxylic acids is 1. The molecule has 0 fully saturated rings. The molecule has 0 atom stereocenters. The Kier molecular flexibility index (Phi) is 3.51. The van der Waals surface area contributed by atoms with Crippen molar-refractivity contribution in [2.24, 2.45) is 0 Å². The zero-order valence-electron chi connectivity index (χ0n) is 10.7. The number of fused-ring (bicyclic) bond motifs is 1. The average molecular weight is 243 g/mol. The van der Waals surface area contributed by atoms with E-state index in [1.807, 2.05) is 19.1 Å². The summed E-state index contributed by atoms with van der Waals surface area (Å²) < 4.78 is 2.22. The number of aromatic nitrogens is 1. The van der Waals surface area contributed by atoms with Gasteiger partial charge in [0.25, 0.3) is 0 Å². The molecule has 0 saturated heterocycles. The average Bonchev–Trinajstić information content (AvgIpc) is 2.71. The van der Waals surface area contributed by atoms with Gasteiger partial charge in [-0.15, -0.1) is 0 Å². The van der Waals surface area contributed by atoms with Crippen LogP contribution < -0.4 is 0 Å². The van der Waals surface area contributed by atoms with E-state index in [0.29, 0.717) is 0 Å². The van der Waals surface area contributed by atoms with Crippen LogP contribution in [0.3, 0.4) is 0 Å². The summed E-state index contributed by atoms with van der Waals surface area (Å²) in [5, 5.41) is 9.90. The van der Waals surface area contributed by atoms with E-state index in [1.165, 1.54) is 11.6 Å². The van der Waals surface area contributed by atoms with E-state index in [1.54, 1.807) is 0 Å². The van der Waals surface area contributed by atoms with Crippen LogP contribution >= 0.6 is 0 Å². The molecule has 0 spiro atoms. The van der Waals surface area contributed by atoms with Crippen molar-refractivity contribution < 1.29 is 9.90 Å². The highest BCUT2D eigenvalue weighted by molar-refractivity contribution is 5.91. The molecule has 0 radical (unpaired) electrons. The normalized spacial score (nSPS) is 12.0. The Morgan fingerprint density at radius 1 is 1.39 bits per heavy atom. The molecule has 1 heterocycles. The van der Waals surface area contributed by atoms with Gasteiger partial charge in [-0.2, -0.15) is 0 Å². The third kappa shape index (κ3) is 2.45. The summed E-state index contributed by atoms with van der Waals surface area (Å²) in [6.07, 6.45) is 4.42. The van der Waals surface area contributed by atoms with Crippen molar-refractivity contribution in [2.75, 3.05) is 0 Å². The van der Waals surface area contributed by atoms with Crippen LogP contribution in [0.4, 0.5) is 0 Å². The molecular weight excluding hydrogens is 226 g/mol. The maximum Gasteiger partial charge on any atom is 0.328 e. The zero-order chi connectivity index (χ0) is 13.1. The van der Waals surface area contributed by atoms with Gasteiger partial charge in [0.1, 0.15) is 0 Å². The van der Waals surface area contributed by atoms with Gasteiger partial charge < -0.3 is 9.67 Å². The highest BCUT2D eigenvalue weighted by Gasteiger charge is 2.03. The molecule has 0 aliphatic carbocycles. The molecule has 0 unspecified atom stereocenters. The molecule has 3 nitrogen and oxygen atoms in total. The van der Waals surface area contributed by atoms with Crippen LogP contribution in [0.5, 0.6) is 0 Å². The van der Waals surface area contributed by atoms with E-state index in [4.69, 9.17) is 5.11 Å². The Labute approximate surface area is 106 Å². The molecule has 94 valence electrons. The monoisotopic (exact) mass is 243 g/mol. The van der Waals surface area contributed by atoms with Crippen LogP contribution in [0.1, 0.15) is 25.8 Å². The first-order valence-corrected chi connectivity index (χ1v) is 6.12. The number of hydrogen-bond acceptors (Lipinski definition) is 1. The summed E-state index contributed by atoms with van der Waals surface area (Å²) in [4.78, 5) is 10.7. The fourth-order valence-electron chi connectivity index (χ4n) is 2.15. The number of carboxylic acid groups (broad SMARTS) is 1. The molecule has 18 heavy (non-hydrogen) atoms. The van der Waals surface area contributed by atoms with Crippen LogP contribution in [0.15, 0.2) is 36.5 Å². The smallest absolute Gasteiger partial charge is 0.328 e.